The fraction of sp³-hybridized carbons (Fsp3) is 0.500. The minimum absolute atomic E-state index is 0.0340. The lowest BCUT2D eigenvalue weighted by Gasteiger charge is -2.20. The number of sulfone groups is 1. The second kappa shape index (κ2) is 8.74. The first-order valence-electron chi connectivity index (χ1n) is 6.58. The molecule has 7 heteroatoms. The molecule has 1 rings (SSSR count). The molecule has 0 amide bonds. The molecular formula is C14H20N2O4S. The van der Waals surface area contributed by atoms with E-state index in [-0.39, 0.29) is 17.3 Å². The number of ether oxygens (including phenoxy) is 1. The second-order valence-corrected chi connectivity index (χ2v) is 6.63. The molecule has 0 unspecified atom stereocenters. The average Bonchev–Trinajstić information content (AvgIpc) is 2.50. The number of hydrogen-bond donors (Lipinski definition) is 1. The predicted molar refractivity (Wildman–Crippen MR) is 78.6 cm³/mol. The second-order valence-electron chi connectivity index (χ2n) is 4.52. The molecule has 0 radical (unpaired) electrons. The summed E-state index contributed by atoms with van der Waals surface area (Å²) in [4.78, 5) is 1.98. The maximum atomic E-state index is 12.3. The van der Waals surface area contributed by atoms with E-state index in [0.717, 1.165) is 0 Å². The van der Waals surface area contributed by atoms with Crippen molar-refractivity contribution in [3.63, 3.8) is 0 Å². The lowest BCUT2D eigenvalue weighted by molar-refractivity contribution is 0.135. The summed E-state index contributed by atoms with van der Waals surface area (Å²) in [7, 11) is -1.88. The molecule has 0 saturated heterocycles. The number of aliphatic hydroxyl groups is 1. The number of methoxy groups -OCH3 is 1. The third-order valence-corrected chi connectivity index (χ3v) is 4.72. The first kappa shape index (κ1) is 17.6. The highest BCUT2D eigenvalue weighted by Gasteiger charge is 2.16. The molecule has 1 N–H and O–H groups in total. The first-order valence-corrected chi connectivity index (χ1v) is 8.24. The molecule has 1 aromatic carbocycles. The molecule has 0 aliphatic carbocycles. The standard InChI is InChI=1S/C14H20N2O4S/c1-20-9-6-16(5-8-17)7-10-21(18,19)14-4-2-3-13(11-14)12-15/h2-4,11,17H,5-10H2,1H3. The number of nitrogens with zero attached hydrogens (tertiary/aromatic N) is 2. The highest BCUT2D eigenvalue weighted by molar-refractivity contribution is 7.91. The van der Waals surface area contributed by atoms with E-state index in [4.69, 9.17) is 15.1 Å². The van der Waals surface area contributed by atoms with Gasteiger partial charge < -0.3 is 9.84 Å². The van der Waals surface area contributed by atoms with Crippen LogP contribution >= 0.6 is 0 Å². The van der Waals surface area contributed by atoms with Crippen LogP contribution in [0.15, 0.2) is 29.2 Å². The van der Waals surface area contributed by atoms with Gasteiger partial charge in [-0.15, -0.1) is 0 Å². The van der Waals surface area contributed by atoms with E-state index in [1.807, 2.05) is 11.0 Å². The van der Waals surface area contributed by atoms with Crippen molar-refractivity contribution in [3.8, 4) is 6.07 Å². The van der Waals surface area contributed by atoms with Crippen LogP contribution in [-0.2, 0) is 14.6 Å². The van der Waals surface area contributed by atoms with Gasteiger partial charge in [-0.05, 0) is 18.2 Å². The molecule has 0 aliphatic rings. The highest BCUT2D eigenvalue weighted by atomic mass is 32.2. The highest BCUT2D eigenvalue weighted by Crippen LogP contribution is 2.13. The van der Waals surface area contributed by atoms with Crippen molar-refractivity contribution in [1.29, 1.82) is 5.26 Å². The Balaban J connectivity index is 2.72. The zero-order valence-electron chi connectivity index (χ0n) is 12.0. The molecule has 0 saturated carbocycles. The van der Waals surface area contributed by atoms with Gasteiger partial charge in [-0.3, -0.25) is 4.90 Å². The Morgan fingerprint density at radius 2 is 2.10 bits per heavy atom. The fourth-order valence-corrected chi connectivity index (χ4v) is 3.15. The zero-order valence-corrected chi connectivity index (χ0v) is 12.8. The molecule has 0 heterocycles. The molecule has 0 bridgehead atoms. The van der Waals surface area contributed by atoms with Crippen molar-refractivity contribution in [1.82, 2.24) is 4.90 Å². The maximum absolute atomic E-state index is 12.3. The maximum Gasteiger partial charge on any atom is 0.179 e. The number of hydrogen-bond acceptors (Lipinski definition) is 6. The number of aliphatic hydroxyl groups excluding tert-OH is 1. The van der Waals surface area contributed by atoms with Crippen molar-refractivity contribution in [3.05, 3.63) is 29.8 Å². The summed E-state index contributed by atoms with van der Waals surface area (Å²) in [5.74, 6) is -0.0639. The molecule has 0 aromatic heterocycles. The zero-order chi connectivity index (χ0) is 15.7. The van der Waals surface area contributed by atoms with Crippen LogP contribution in [0.4, 0.5) is 0 Å². The van der Waals surface area contributed by atoms with Gasteiger partial charge in [-0.2, -0.15) is 5.26 Å². The summed E-state index contributed by atoms with van der Waals surface area (Å²) in [6, 6.07) is 7.91. The monoisotopic (exact) mass is 312 g/mol. The number of benzene rings is 1. The molecule has 21 heavy (non-hydrogen) atoms. The van der Waals surface area contributed by atoms with Crippen LogP contribution in [0.5, 0.6) is 0 Å². The minimum Gasteiger partial charge on any atom is -0.395 e. The van der Waals surface area contributed by atoms with Crippen LogP contribution in [-0.4, -0.2) is 64.1 Å². The van der Waals surface area contributed by atoms with Crippen molar-refractivity contribution in [2.75, 3.05) is 45.7 Å². The Morgan fingerprint density at radius 1 is 1.33 bits per heavy atom. The van der Waals surface area contributed by atoms with Gasteiger partial charge in [0.1, 0.15) is 0 Å². The van der Waals surface area contributed by atoms with E-state index in [2.05, 4.69) is 0 Å². The predicted octanol–water partition coefficient (Wildman–Crippen LogP) is 0.273. The molecule has 0 aliphatic heterocycles. The summed E-state index contributed by atoms with van der Waals surface area (Å²) in [5.41, 5.74) is 0.322. The Labute approximate surface area is 125 Å². The Bertz CT molecular complexity index is 581. The van der Waals surface area contributed by atoms with Gasteiger partial charge in [0, 0.05) is 26.7 Å². The Kier molecular flexibility index (Phi) is 7.32. The SMILES string of the molecule is COCCN(CCO)CCS(=O)(=O)c1cccc(C#N)c1. The Hall–Kier alpha value is -1.46. The van der Waals surface area contributed by atoms with E-state index < -0.39 is 9.84 Å². The van der Waals surface area contributed by atoms with E-state index >= 15 is 0 Å². The molecule has 1 aromatic rings. The van der Waals surface area contributed by atoms with Crippen LogP contribution in [0.25, 0.3) is 0 Å². The molecule has 0 atom stereocenters. The van der Waals surface area contributed by atoms with Crippen LogP contribution in [0.3, 0.4) is 0 Å². The fourth-order valence-electron chi connectivity index (χ4n) is 1.82. The van der Waals surface area contributed by atoms with Gasteiger partial charge >= 0.3 is 0 Å². The molecule has 6 nitrogen and oxygen atoms in total. The van der Waals surface area contributed by atoms with Crippen LogP contribution in [0.2, 0.25) is 0 Å². The van der Waals surface area contributed by atoms with E-state index in [1.54, 1.807) is 19.2 Å². The number of nitriles is 1. The third-order valence-electron chi connectivity index (χ3n) is 3.03. The van der Waals surface area contributed by atoms with Crippen molar-refractivity contribution in [2.45, 2.75) is 4.90 Å². The quantitative estimate of drug-likeness (QED) is 0.704. The number of rotatable bonds is 9. The summed E-state index contributed by atoms with van der Waals surface area (Å²) < 4.78 is 29.5. The van der Waals surface area contributed by atoms with Gasteiger partial charge in [0.25, 0.3) is 0 Å². The topological polar surface area (TPSA) is 90.6 Å². The lowest BCUT2D eigenvalue weighted by atomic mass is 10.2. The van der Waals surface area contributed by atoms with Crippen molar-refractivity contribution >= 4 is 9.84 Å². The summed E-state index contributed by atoms with van der Waals surface area (Å²) in [6.07, 6.45) is 0. The summed E-state index contributed by atoms with van der Waals surface area (Å²) >= 11 is 0. The van der Waals surface area contributed by atoms with Crippen molar-refractivity contribution < 1.29 is 18.3 Å². The van der Waals surface area contributed by atoms with Gasteiger partial charge in [-0.1, -0.05) is 6.07 Å². The lowest BCUT2D eigenvalue weighted by Crippen LogP contribution is -2.34. The van der Waals surface area contributed by atoms with Gasteiger partial charge in [0.05, 0.1) is 35.5 Å². The van der Waals surface area contributed by atoms with E-state index in [0.29, 0.717) is 31.8 Å². The minimum atomic E-state index is -3.45. The smallest absolute Gasteiger partial charge is 0.179 e. The molecule has 0 fully saturated rings. The van der Waals surface area contributed by atoms with Gasteiger partial charge in [0.2, 0.25) is 0 Å². The molecular weight excluding hydrogens is 292 g/mol. The summed E-state index contributed by atoms with van der Waals surface area (Å²) in [6.45, 7) is 1.71. The van der Waals surface area contributed by atoms with Gasteiger partial charge in [-0.25, -0.2) is 8.42 Å². The summed E-state index contributed by atoms with van der Waals surface area (Å²) in [5, 5.41) is 17.8. The van der Waals surface area contributed by atoms with Crippen LogP contribution < -0.4 is 0 Å². The third kappa shape index (κ3) is 5.81. The Morgan fingerprint density at radius 3 is 2.71 bits per heavy atom. The van der Waals surface area contributed by atoms with E-state index in [1.165, 1.54) is 12.1 Å². The van der Waals surface area contributed by atoms with Crippen LogP contribution in [0, 0.1) is 11.3 Å². The van der Waals surface area contributed by atoms with Gasteiger partial charge in [0.15, 0.2) is 9.84 Å². The first-order chi connectivity index (χ1) is 10.0. The molecule has 116 valence electrons. The largest absolute Gasteiger partial charge is 0.395 e. The molecule has 0 spiro atoms. The average molecular weight is 312 g/mol. The van der Waals surface area contributed by atoms with E-state index in [9.17, 15) is 8.42 Å². The van der Waals surface area contributed by atoms with Crippen molar-refractivity contribution in [2.24, 2.45) is 0 Å². The normalized spacial score (nSPS) is 11.5. The van der Waals surface area contributed by atoms with Crippen LogP contribution in [0.1, 0.15) is 5.56 Å².